The Morgan fingerprint density at radius 3 is 2.44 bits per heavy atom. The van der Waals surface area contributed by atoms with Crippen LogP contribution in [0, 0.1) is 12.8 Å². The topological polar surface area (TPSA) is 55.2 Å². The molecule has 1 saturated heterocycles. The third-order valence-corrected chi connectivity index (χ3v) is 4.82. The van der Waals surface area contributed by atoms with Gasteiger partial charge in [0.1, 0.15) is 0 Å². The van der Waals surface area contributed by atoms with Gasteiger partial charge < -0.3 is 4.90 Å². The number of nitrogens with zero attached hydrogens (tertiary/aromatic N) is 3. The van der Waals surface area contributed by atoms with E-state index < -0.39 is 23.1 Å². The van der Waals surface area contributed by atoms with Crippen molar-refractivity contribution in [3.8, 4) is 5.69 Å². The highest BCUT2D eigenvalue weighted by molar-refractivity contribution is 5.92. The molecule has 0 bridgehead atoms. The van der Waals surface area contributed by atoms with Crippen LogP contribution in [0.1, 0.15) is 41.5 Å². The molecule has 0 N–H and O–H groups in total. The number of carbonyl (C=O) groups excluding carboxylic acids is 1. The second-order valence-electron chi connectivity index (χ2n) is 6.90. The van der Waals surface area contributed by atoms with E-state index in [0.29, 0.717) is 19.0 Å². The summed E-state index contributed by atoms with van der Waals surface area (Å²) in [7, 11) is 0. The number of piperidine rings is 1. The molecule has 2 heterocycles. The molecular weight excluding hydrogens is 359 g/mol. The second kappa shape index (κ2) is 7.17. The number of carbonyl (C=O) groups is 1. The Morgan fingerprint density at radius 2 is 1.81 bits per heavy atom. The van der Waals surface area contributed by atoms with Gasteiger partial charge in [-0.3, -0.25) is 9.59 Å². The van der Waals surface area contributed by atoms with E-state index in [1.165, 1.54) is 25.1 Å². The summed E-state index contributed by atoms with van der Waals surface area (Å²) in [6.07, 6.45) is -2.94. The average Bonchev–Trinajstić information content (AvgIpc) is 2.61. The van der Waals surface area contributed by atoms with Crippen molar-refractivity contribution in [2.75, 3.05) is 13.1 Å². The summed E-state index contributed by atoms with van der Waals surface area (Å²) in [4.78, 5) is 26.6. The Hall–Kier alpha value is -2.64. The van der Waals surface area contributed by atoms with E-state index in [1.54, 1.807) is 4.90 Å². The van der Waals surface area contributed by atoms with E-state index >= 15 is 0 Å². The molecule has 3 rings (SSSR count). The Balaban J connectivity index is 2.06. The zero-order chi connectivity index (χ0) is 19.8. The van der Waals surface area contributed by atoms with Crippen LogP contribution in [0.4, 0.5) is 13.2 Å². The molecule has 0 atom stereocenters. The molecular formula is C19H20F3N3O2. The zero-order valence-electron chi connectivity index (χ0n) is 15.1. The molecule has 0 unspecified atom stereocenters. The van der Waals surface area contributed by atoms with Crippen LogP contribution >= 0.6 is 0 Å². The summed E-state index contributed by atoms with van der Waals surface area (Å²) in [5, 5.41) is 4.02. The van der Waals surface area contributed by atoms with Gasteiger partial charge in [-0.05, 0) is 37.8 Å². The highest BCUT2D eigenvalue weighted by Gasteiger charge is 2.34. The van der Waals surface area contributed by atoms with Crippen molar-refractivity contribution in [1.82, 2.24) is 14.7 Å². The van der Waals surface area contributed by atoms with Crippen LogP contribution < -0.4 is 5.43 Å². The predicted octanol–water partition coefficient (Wildman–Crippen LogP) is 3.43. The third-order valence-electron chi connectivity index (χ3n) is 4.82. The molecule has 8 heteroatoms. The van der Waals surface area contributed by atoms with Crippen LogP contribution in [0.2, 0.25) is 0 Å². The minimum atomic E-state index is -4.58. The van der Waals surface area contributed by atoms with E-state index in [4.69, 9.17) is 0 Å². The van der Waals surface area contributed by atoms with E-state index in [-0.39, 0.29) is 17.1 Å². The van der Waals surface area contributed by atoms with Crippen LogP contribution in [0.5, 0.6) is 0 Å². The van der Waals surface area contributed by atoms with Crippen molar-refractivity contribution in [3.05, 3.63) is 57.5 Å². The first-order chi connectivity index (χ1) is 12.7. The number of hydrogen-bond donors (Lipinski definition) is 0. The lowest BCUT2D eigenvalue weighted by atomic mass is 9.99. The molecule has 2 aromatic rings. The minimum Gasteiger partial charge on any atom is -0.337 e. The standard InChI is InChI=1S/C19H20F3N3O2/c1-12-7-9-24(10-8-12)18(27)17-16(26)11-13(2)25(23-17)15-6-4-3-5-14(15)19(20,21)22/h3-6,11-12H,7-10H2,1-2H3. The summed E-state index contributed by atoms with van der Waals surface area (Å²) in [5.74, 6) is -0.0412. The first kappa shape index (κ1) is 19.1. The quantitative estimate of drug-likeness (QED) is 0.803. The number of rotatable bonds is 2. The smallest absolute Gasteiger partial charge is 0.337 e. The molecule has 1 aromatic heterocycles. The fourth-order valence-electron chi connectivity index (χ4n) is 3.20. The van der Waals surface area contributed by atoms with Crippen molar-refractivity contribution >= 4 is 5.91 Å². The number of likely N-dealkylation sites (tertiary alicyclic amines) is 1. The number of halogens is 3. The van der Waals surface area contributed by atoms with Gasteiger partial charge in [-0.1, -0.05) is 19.1 Å². The number of hydrogen-bond acceptors (Lipinski definition) is 3. The lowest BCUT2D eigenvalue weighted by Gasteiger charge is -2.30. The first-order valence-electron chi connectivity index (χ1n) is 8.75. The first-order valence-corrected chi connectivity index (χ1v) is 8.75. The summed E-state index contributed by atoms with van der Waals surface area (Å²) in [6.45, 7) is 4.59. The molecule has 1 amide bonds. The van der Waals surface area contributed by atoms with Crippen LogP contribution in [-0.2, 0) is 6.18 Å². The second-order valence-corrected chi connectivity index (χ2v) is 6.90. The van der Waals surface area contributed by atoms with Crippen LogP contribution in [-0.4, -0.2) is 33.7 Å². The predicted molar refractivity (Wildman–Crippen MR) is 93.9 cm³/mol. The molecule has 1 fully saturated rings. The molecule has 0 spiro atoms. The summed E-state index contributed by atoms with van der Waals surface area (Å²) >= 11 is 0. The number of amides is 1. The van der Waals surface area contributed by atoms with Crippen molar-refractivity contribution in [1.29, 1.82) is 0 Å². The number of aromatic nitrogens is 2. The van der Waals surface area contributed by atoms with Gasteiger partial charge in [-0.2, -0.15) is 18.3 Å². The fraction of sp³-hybridized carbons (Fsp3) is 0.421. The van der Waals surface area contributed by atoms with Gasteiger partial charge in [-0.25, -0.2) is 4.68 Å². The maximum atomic E-state index is 13.4. The molecule has 27 heavy (non-hydrogen) atoms. The molecule has 1 aliphatic heterocycles. The van der Waals surface area contributed by atoms with Gasteiger partial charge in [0.05, 0.1) is 11.3 Å². The van der Waals surface area contributed by atoms with Crippen LogP contribution in [0.15, 0.2) is 35.1 Å². The van der Waals surface area contributed by atoms with Crippen LogP contribution in [0.25, 0.3) is 5.69 Å². The average molecular weight is 379 g/mol. The van der Waals surface area contributed by atoms with E-state index in [1.807, 2.05) is 0 Å². The van der Waals surface area contributed by atoms with Crippen molar-refractivity contribution in [2.24, 2.45) is 5.92 Å². The summed E-state index contributed by atoms with van der Waals surface area (Å²) in [6, 6.07) is 6.11. The maximum Gasteiger partial charge on any atom is 0.418 e. The SMILES string of the molecule is Cc1cc(=O)c(C(=O)N2CCC(C)CC2)nn1-c1ccccc1C(F)(F)F. The van der Waals surface area contributed by atoms with Gasteiger partial charge in [0.2, 0.25) is 5.43 Å². The van der Waals surface area contributed by atoms with Gasteiger partial charge in [0, 0.05) is 24.8 Å². The summed E-state index contributed by atoms with van der Waals surface area (Å²) in [5.41, 5.74) is -1.82. The Kier molecular flexibility index (Phi) is 5.08. The molecule has 5 nitrogen and oxygen atoms in total. The fourth-order valence-corrected chi connectivity index (χ4v) is 3.20. The van der Waals surface area contributed by atoms with E-state index in [0.717, 1.165) is 29.7 Å². The highest BCUT2D eigenvalue weighted by atomic mass is 19.4. The number of benzene rings is 1. The summed E-state index contributed by atoms with van der Waals surface area (Å²) < 4.78 is 41.1. The van der Waals surface area contributed by atoms with Gasteiger partial charge >= 0.3 is 6.18 Å². The normalized spacial score (nSPS) is 15.8. The number of alkyl halides is 3. The lowest BCUT2D eigenvalue weighted by molar-refractivity contribution is -0.137. The van der Waals surface area contributed by atoms with Crippen molar-refractivity contribution in [3.63, 3.8) is 0 Å². The molecule has 0 aliphatic carbocycles. The van der Waals surface area contributed by atoms with Crippen molar-refractivity contribution in [2.45, 2.75) is 32.9 Å². The zero-order valence-corrected chi connectivity index (χ0v) is 15.1. The largest absolute Gasteiger partial charge is 0.418 e. The van der Waals surface area contributed by atoms with Crippen molar-refractivity contribution < 1.29 is 18.0 Å². The molecule has 1 aromatic carbocycles. The highest BCUT2D eigenvalue weighted by Crippen LogP contribution is 2.33. The van der Waals surface area contributed by atoms with E-state index in [9.17, 15) is 22.8 Å². The Labute approximate surface area is 154 Å². The van der Waals surface area contributed by atoms with Gasteiger partial charge in [0.25, 0.3) is 5.91 Å². The molecule has 144 valence electrons. The third kappa shape index (κ3) is 3.89. The molecule has 0 saturated carbocycles. The van der Waals surface area contributed by atoms with Gasteiger partial charge in [0.15, 0.2) is 5.69 Å². The Bertz CT molecular complexity index is 913. The number of aryl methyl sites for hydroxylation is 1. The molecule has 0 radical (unpaired) electrons. The Morgan fingerprint density at radius 1 is 1.19 bits per heavy atom. The number of para-hydroxylation sites is 1. The van der Waals surface area contributed by atoms with E-state index in [2.05, 4.69) is 12.0 Å². The molecule has 1 aliphatic rings. The van der Waals surface area contributed by atoms with Crippen LogP contribution in [0.3, 0.4) is 0 Å². The van der Waals surface area contributed by atoms with Gasteiger partial charge in [-0.15, -0.1) is 0 Å². The lowest BCUT2D eigenvalue weighted by Crippen LogP contribution is -2.41. The minimum absolute atomic E-state index is 0.219. The monoisotopic (exact) mass is 379 g/mol. The maximum absolute atomic E-state index is 13.4.